The second-order valence-corrected chi connectivity index (χ2v) is 4.95. The summed E-state index contributed by atoms with van der Waals surface area (Å²) in [5, 5.41) is 6.28. The number of carbonyl (C=O) groups is 2. The molecular weight excluding hydrogens is 310 g/mol. The summed E-state index contributed by atoms with van der Waals surface area (Å²) in [7, 11) is 0. The molecule has 102 valence electrons. The average Bonchev–Trinajstić information content (AvgIpc) is 2.40. The number of nitrogens with zero attached hydrogens (tertiary/aromatic N) is 1. The molecule has 0 aliphatic rings. The monoisotopic (exact) mass is 325 g/mol. The molecule has 2 N–H and O–H groups in total. The third-order valence-electron chi connectivity index (χ3n) is 2.45. The summed E-state index contributed by atoms with van der Waals surface area (Å²) < 4.78 is 0.960. The number of hydrogen-bond donors (Lipinski definition) is 2. The molecule has 1 atom stereocenters. The van der Waals surface area contributed by atoms with Gasteiger partial charge in [-0.25, -0.2) is 5.43 Å². The van der Waals surface area contributed by atoms with Crippen molar-refractivity contribution in [2.24, 2.45) is 5.10 Å². The first-order valence-electron chi connectivity index (χ1n) is 5.92. The molecule has 1 aromatic carbocycles. The van der Waals surface area contributed by atoms with E-state index >= 15 is 0 Å². The third kappa shape index (κ3) is 5.65. The van der Waals surface area contributed by atoms with Crippen LogP contribution in [0.25, 0.3) is 0 Å². The lowest BCUT2D eigenvalue weighted by atomic mass is 10.2. The molecule has 0 saturated heterocycles. The van der Waals surface area contributed by atoms with Crippen LogP contribution in [0.1, 0.15) is 25.8 Å². The number of benzene rings is 1. The number of hydrogen-bond acceptors (Lipinski definition) is 3. The SMILES string of the molecule is CC[C@H](C)NC(=O)C(=O)N/N=C\c1ccc(Br)cc1. The van der Waals surface area contributed by atoms with Crippen LogP contribution in [0.2, 0.25) is 0 Å². The molecule has 1 aromatic rings. The highest BCUT2D eigenvalue weighted by Gasteiger charge is 2.13. The van der Waals surface area contributed by atoms with Crippen LogP contribution >= 0.6 is 15.9 Å². The van der Waals surface area contributed by atoms with Gasteiger partial charge in [-0.2, -0.15) is 5.10 Å². The molecular formula is C13H16BrN3O2. The van der Waals surface area contributed by atoms with Crippen molar-refractivity contribution < 1.29 is 9.59 Å². The molecule has 6 heteroatoms. The van der Waals surface area contributed by atoms with Crippen LogP contribution in [0.15, 0.2) is 33.8 Å². The van der Waals surface area contributed by atoms with Crippen molar-refractivity contribution in [3.8, 4) is 0 Å². The second kappa shape index (κ2) is 7.68. The van der Waals surface area contributed by atoms with Crippen LogP contribution in [-0.4, -0.2) is 24.1 Å². The van der Waals surface area contributed by atoms with Gasteiger partial charge in [0.1, 0.15) is 0 Å². The Hall–Kier alpha value is -1.69. The molecule has 19 heavy (non-hydrogen) atoms. The fraction of sp³-hybridized carbons (Fsp3) is 0.308. The van der Waals surface area contributed by atoms with Crippen molar-refractivity contribution in [3.63, 3.8) is 0 Å². The Balaban J connectivity index is 2.45. The number of nitrogens with one attached hydrogen (secondary N) is 2. The lowest BCUT2D eigenvalue weighted by molar-refractivity contribution is -0.139. The van der Waals surface area contributed by atoms with E-state index in [1.807, 2.05) is 38.1 Å². The molecule has 0 aliphatic heterocycles. The van der Waals surface area contributed by atoms with Gasteiger partial charge in [-0.15, -0.1) is 0 Å². The zero-order valence-corrected chi connectivity index (χ0v) is 12.4. The minimum Gasteiger partial charge on any atom is -0.345 e. The van der Waals surface area contributed by atoms with Crippen LogP contribution in [0.4, 0.5) is 0 Å². The largest absolute Gasteiger partial charge is 0.345 e. The van der Waals surface area contributed by atoms with Crippen molar-refractivity contribution in [1.29, 1.82) is 0 Å². The Morgan fingerprint density at radius 3 is 2.53 bits per heavy atom. The van der Waals surface area contributed by atoms with Gasteiger partial charge in [-0.05, 0) is 31.0 Å². The molecule has 0 unspecified atom stereocenters. The Bertz CT molecular complexity index is 471. The Morgan fingerprint density at radius 2 is 1.95 bits per heavy atom. The minimum atomic E-state index is -0.770. The number of carbonyl (C=O) groups excluding carboxylic acids is 2. The summed E-state index contributed by atoms with van der Waals surface area (Å²) in [6, 6.07) is 7.35. The fourth-order valence-corrected chi connectivity index (χ4v) is 1.42. The maximum absolute atomic E-state index is 11.4. The quantitative estimate of drug-likeness (QED) is 0.503. The van der Waals surface area contributed by atoms with E-state index in [9.17, 15) is 9.59 Å². The first kappa shape index (κ1) is 15.4. The molecule has 0 aromatic heterocycles. The number of hydrazone groups is 1. The normalized spacial score (nSPS) is 12.2. The van der Waals surface area contributed by atoms with Gasteiger partial charge in [0.25, 0.3) is 0 Å². The molecule has 0 heterocycles. The van der Waals surface area contributed by atoms with Crippen molar-refractivity contribution >= 4 is 34.0 Å². The van der Waals surface area contributed by atoms with E-state index in [0.717, 1.165) is 16.5 Å². The highest BCUT2D eigenvalue weighted by atomic mass is 79.9. The topological polar surface area (TPSA) is 70.6 Å². The number of halogens is 1. The van der Waals surface area contributed by atoms with Crippen LogP contribution < -0.4 is 10.7 Å². The Kier molecular flexibility index (Phi) is 6.21. The van der Waals surface area contributed by atoms with Gasteiger partial charge in [0.2, 0.25) is 0 Å². The summed E-state index contributed by atoms with van der Waals surface area (Å²) in [6.07, 6.45) is 2.24. The number of rotatable bonds is 4. The van der Waals surface area contributed by atoms with Crippen molar-refractivity contribution in [2.75, 3.05) is 0 Å². The van der Waals surface area contributed by atoms with Gasteiger partial charge in [0, 0.05) is 10.5 Å². The molecule has 0 spiro atoms. The van der Waals surface area contributed by atoms with Crippen LogP contribution in [0, 0.1) is 0 Å². The van der Waals surface area contributed by atoms with E-state index < -0.39 is 11.8 Å². The van der Waals surface area contributed by atoms with Crippen LogP contribution in [-0.2, 0) is 9.59 Å². The van der Waals surface area contributed by atoms with Gasteiger partial charge < -0.3 is 5.32 Å². The van der Waals surface area contributed by atoms with E-state index in [0.29, 0.717) is 0 Å². The van der Waals surface area contributed by atoms with E-state index in [4.69, 9.17) is 0 Å². The van der Waals surface area contributed by atoms with Crippen molar-refractivity contribution in [1.82, 2.24) is 10.7 Å². The first-order chi connectivity index (χ1) is 9.02. The molecule has 1 rings (SSSR count). The van der Waals surface area contributed by atoms with Gasteiger partial charge >= 0.3 is 11.8 Å². The summed E-state index contributed by atoms with van der Waals surface area (Å²) in [5.41, 5.74) is 3.01. The first-order valence-corrected chi connectivity index (χ1v) is 6.71. The van der Waals surface area contributed by atoms with Crippen molar-refractivity contribution in [2.45, 2.75) is 26.3 Å². The summed E-state index contributed by atoms with van der Waals surface area (Å²) in [6.45, 7) is 3.75. The van der Waals surface area contributed by atoms with Gasteiger partial charge in [0.15, 0.2) is 0 Å². The van der Waals surface area contributed by atoms with E-state index in [-0.39, 0.29) is 6.04 Å². The molecule has 0 bridgehead atoms. The van der Waals surface area contributed by atoms with Gasteiger partial charge in [-0.1, -0.05) is 35.0 Å². The fourth-order valence-electron chi connectivity index (χ4n) is 1.16. The highest BCUT2D eigenvalue weighted by molar-refractivity contribution is 9.10. The maximum Gasteiger partial charge on any atom is 0.329 e. The van der Waals surface area contributed by atoms with Crippen LogP contribution in [0.5, 0.6) is 0 Å². The molecule has 2 amide bonds. The Morgan fingerprint density at radius 1 is 1.32 bits per heavy atom. The summed E-state index contributed by atoms with van der Waals surface area (Å²) >= 11 is 3.32. The third-order valence-corrected chi connectivity index (χ3v) is 2.97. The number of amides is 2. The lowest BCUT2D eigenvalue weighted by Crippen LogP contribution is -2.41. The van der Waals surface area contributed by atoms with Crippen molar-refractivity contribution in [3.05, 3.63) is 34.3 Å². The summed E-state index contributed by atoms with van der Waals surface area (Å²) in [4.78, 5) is 22.8. The predicted octanol–water partition coefficient (Wildman–Crippen LogP) is 1.81. The zero-order chi connectivity index (χ0) is 14.3. The maximum atomic E-state index is 11.4. The Labute approximate surface area is 120 Å². The van der Waals surface area contributed by atoms with Gasteiger partial charge in [0.05, 0.1) is 6.21 Å². The molecule has 0 radical (unpaired) electrons. The average molecular weight is 326 g/mol. The van der Waals surface area contributed by atoms with E-state index in [1.165, 1.54) is 6.21 Å². The van der Waals surface area contributed by atoms with Crippen LogP contribution in [0.3, 0.4) is 0 Å². The zero-order valence-electron chi connectivity index (χ0n) is 10.8. The summed E-state index contributed by atoms with van der Waals surface area (Å²) in [5.74, 6) is -1.45. The van der Waals surface area contributed by atoms with E-state index in [1.54, 1.807) is 0 Å². The minimum absolute atomic E-state index is 0.0336. The predicted molar refractivity (Wildman–Crippen MR) is 77.8 cm³/mol. The molecule has 0 saturated carbocycles. The standard InChI is InChI=1S/C13H16BrN3O2/c1-3-9(2)16-12(18)13(19)17-15-8-10-4-6-11(14)7-5-10/h4-9H,3H2,1-2H3,(H,16,18)(H,17,19)/b15-8-/t9-/m0/s1. The second-order valence-electron chi connectivity index (χ2n) is 4.03. The lowest BCUT2D eigenvalue weighted by Gasteiger charge is -2.09. The molecule has 0 aliphatic carbocycles. The van der Waals surface area contributed by atoms with Gasteiger partial charge in [-0.3, -0.25) is 9.59 Å². The molecule has 5 nitrogen and oxygen atoms in total. The molecule has 0 fully saturated rings. The smallest absolute Gasteiger partial charge is 0.329 e. The highest BCUT2D eigenvalue weighted by Crippen LogP contribution is 2.08. The van der Waals surface area contributed by atoms with E-state index in [2.05, 4.69) is 31.8 Å².